The molecule has 0 fully saturated rings. The summed E-state index contributed by atoms with van der Waals surface area (Å²) in [5.41, 5.74) is 0. The minimum Gasteiger partial charge on any atom is -0.507 e. The van der Waals surface area contributed by atoms with Crippen molar-refractivity contribution in [3.63, 3.8) is 0 Å². The third kappa shape index (κ3) is 1.33. The second-order valence-electron chi connectivity index (χ2n) is 4.42. The van der Waals surface area contributed by atoms with Crippen LogP contribution in [-0.2, 0) is 0 Å². The van der Waals surface area contributed by atoms with Crippen molar-refractivity contribution in [2.75, 3.05) is 0 Å². The van der Waals surface area contributed by atoms with E-state index in [2.05, 4.69) is 0 Å². The summed E-state index contributed by atoms with van der Waals surface area (Å²) in [6.07, 6.45) is 0. The molecular formula is C14H10O6. The molecule has 0 saturated carbocycles. The topological polar surface area (TPSA) is 121 Å². The van der Waals surface area contributed by atoms with Crippen LogP contribution in [0.4, 0.5) is 0 Å². The smallest absolute Gasteiger partial charge is 0.205 e. The summed E-state index contributed by atoms with van der Waals surface area (Å²) in [6, 6.07) is 5.85. The van der Waals surface area contributed by atoms with Gasteiger partial charge < -0.3 is 30.6 Å². The molecule has 6 nitrogen and oxygen atoms in total. The van der Waals surface area contributed by atoms with E-state index in [1.165, 1.54) is 12.1 Å². The molecule has 20 heavy (non-hydrogen) atoms. The van der Waals surface area contributed by atoms with Crippen LogP contribution < -0.4 is 0 Å². The Morgan fingerprint density at radius 3 is 1.95 bits per heavy atom. The van der Waals surface area contributed by atoms with Gasteiger partial charge in [0.25, 0.3) is 0 Å². The van der Waals surface area contributed by atoms with E-state index < -0.39 is 28.7 Å². The molecular weight excluding hydrogens is 264 g/mol. The summed E-state index contributed by atoms with van der Waals surface area (Å²) in [5.74, 6) is -3.99. The number of hydrogen-bond donors (Lipinski definition) is 6. The lowest BCUT2D eigenvalue weighted by Gasteiger charge is -2.12. The van der Waals surface area contributed by atoms with Gasteiger partial charge in [-0.2, -0.15) is 0 Å². The first kappa shape index (κ1) is 12.0. The third-order valence-corrected chi connectivity index (χ3v) is 3.28. The Morgan fingerprint density at radius 1 is 0.600 bits per heavy atom. The number of phenols is 6. The molecule has 0 aromatic heterocycles. The maximum atomic E-state index is 10.2. The van der Waals surface area contributed by atoms with Gasteiger partial charge in [0.05, 0.1) is 10.8 Å². The van der Waals surface area contributed by atoms with Gasteiger partial charge in [0.15, 0.2) is 11.5 Å². The molecule has 0 atom stereocenters. The van der Waals surface area contributed by atoms with Crippen molar-refractivity contribution < 1.29 is 30.6 Å². The van der Waals surface area contributed by atoms with Crippen molar-refractivity contribution in [1.82, 2.24) is 0 Å². The fourth-order valence-corrected chi connectivity index (χ4v) is 2.31. The molecule has 0 unspecified atom stereocenters. The van der Waals surface area contributed by atoms with Crippen LogP contribution in [0, 0.1) is 0 Å². The summed E-state index contributed by atoms with van der Waals surface area (Å²) in [6.45, 7) is 0. The largest absolute Gasteiger partial charge is 0.507 e. The van der Waals surface area contributed by atoms with E-state index >= 15 is 0 Å². The van der Waals surface area contributed by atoms with Gasteiger partial charge in [-0.25, -0.2) is 0 Å². The van der Waals surface area contributed by atoms with E-state index in [4.69, 9.17) is 0 Å². The molecule has 0 spiro atoms. The Labute approximate surface area is 112 Å². The highest BCUT2D eigenvalue weighted by atomic mass is 16.3. The van der Waals surface area contributed by atoms with E-state index in [1.807, 2.05) is 0 Å². The van der Waals surface area contributed by atoms with Gasteiger partial charge in [0.2, 0.25) is 11.5 Å². The first-order valence-corrected chi connectivity index (χ1v) is 5.66. The fourth-order valence-electron chi connectivity index (χ4n) is 2.31. The summed E-state index contributed by atoms with van der Waals surface area (Å²) in [4.78, 5) is 0. The Morgan fingerprint density at radius 2 is 1.25 bits per heavy atom. The maximum absolute atomic E-state index is 10.2. The Hall–Kier alpha value is -3.02. The molecule has 3 aromatic carbocycles. The first-order valence-electron chi connectivity index (χ1n) is 5.66. The minimum absolute atomic E-state index is 0.0478. The Balaban J connectivity index is 2.68. The zero-order valence-corrected chi connectivity index (χ0v) is 9.99. The molecule has 0 aliphatic rings. The number of benzene rings is 3. The predicted molar refractivity (Wildman–Crippen MR) is 71.4 cm³/mol. The lowest BCUT2D eigenvalue weighted by atomic mass is 9.99. The average molecular weight is 274 g/mol. The van der Waals surface area contributed by atoms with Crippen molar-refractivity contribution in [2.45, 2.75) is 0 Å². The van der Waals surface area contributed by atoms with Gasteiger partial charge in [0.1, 0.15) is 11.5 Å². The van der Waals surface area contributed by atoms with Crippen molar-refractivity contribution in [3.05, 3.63) is 24.3 Å². The van der Waals surface area contributed by atoms with Gasteiger partial charge in [-0.05, 0) is 17.5 Å². The molecule has 0 saturated heterocycles. The Bertz CT molecular complexity index is 869. The molecule has 0 bridgehead atoms. The highest BCUT2D eigenvalue weighted by molar-refractivity contribution is 6.13. The predicted octanol–water partition coefficient (Wildman–Crippen LogP) is 2.23. The highest BCUT2D eigenvalue weighted by Gasteiger charge is 2.22. The second-order valence-corrected chi connectivity index (χ2v) is 4.42. The van der Waals surface area contributed by atoms with Crippen molar-refractivity contribution in [1.29, 1.82) is 0 Å². The maximum Gasteiger partial charge on any atom is 0.205 e. The third-order valence-electron chi connectivity index (χ3n) is 3.28. The van der Waals surface area contributed by atoms with Crippen LogP contribution in [0.5, 0.6) is 34.5 Å². The molecule has 6 N–H and O–H groups in total. The molecule has 3 rings (SSSR count). The van der Waals surface area contributed by atoms with Gasteiger partial charge in [-0.1, -0.05) is 12.1 Å². The van der Waals surface area contributed by atoms with Gasteiger partial charge in [-0.15, -0.1) is 0 Å². The number of aromatic hydroxyl groups is 6. The van der Waals surface area contributed by atoms with Gasteiger partial charge in [0, 0.05) is 5.39 Å². The lowest BCUT2D eigenvalue weighted by molar-refractivity contribution is 0.350. The molecule has 3 aromatic rings. The quantitative estimate of drug-likeness (QED) is 0.212. The van der Waals surface area contributed by atoms with Crippen LogP contribution in [0.1, 0.15) is 0 Å². The van der Waals surface area contributed by atoms with E-state index in [0.717, 1.165) is 0 Å². The SMILES string of the molecule is Oc1c(O)c(O)c2c(O)c3c(O)cccc3cc2c1O. The van der Waals surface area contributed by atoms with E-state index in [1.54, 1.807) is 12.1 Å². The minimum atomic E-state index is -0.944. The van der Waals surface area contributed by atoms with Crippen LogP contribution >= 0.6 is 0 Å². The number of phenolic OH excluding ortho intramolecular Hbond substituents is 6. The van der Waals surface area contributed by atoms with Crippen molar-refractivity contribution in [2.24, 2.45) is 0 Å². The fraction of sp³-hybridized carbons (Fsp3) is 0. The Kier molecular flexibility index (Phi) is 2.25. The van der Waals surface area contributed by atoms with E-state index in [-0.39, 0.29) is 21.9 Å². The van der Waals surface area contributed by atoms with Crippen molar-refractivity contribution >= 4 is 21.5 Å². The summed E-state index contributed by atoms with van der Waals surface area (Å²) in [7, 11) is 0. The molecule has 6 heteroatoms. The van der Waals surface area contributed by atoms with E-state index in [0.29, 0.717) is 5.39 Å². The van der Waals surface area contributed by atoms with Crippen LogP contribution in [0.25, 0.3) is 21.5 Å². The van der Waals surface area contributed by atoms with Crippen LogP contribution in [0.2, 0.25) is 0 Å². The molecule has 0 aliphatic heterocycles. The standard InChI is InChI=1S/C14H10O6/c15-7-3-1-2-5-4-6-9(11(17)8(5)7)12(18)14(20)13(19)10(6)16/h1-4,15-20H. The zero-order chi connectivity index (χ0) is 14.6. The normalized spacial score (nSPS) is 11.2. The second kappa shape index (κ2) is 3.74. The molecule has 102 valence electrons. The molecule has 0 radical (unpaired) electrons. The average Bonchev–Trinajstić information content (AvgIpc) is 2.42. The zero-order valence-electron chi connectivity index (χ0n) is 9.99. The first-order chi connectivity index (χ1) is 9.43. The van der Waals surface area contributed by atoms with E-state index in [9.17, 15) is 30.6 Å². The lowest BCUT2D eigenvalue weighted by Crippen LogP contribution is -1.84. The van der Waals surface area contributed by atoms with Crippen LogP contribution in [-0.4, -0.2) is 30.6 Å². The number of fused-ring (bicyclic) bond motifs is 2. The van der Waals surface area contributed by atoms with Crippen LogP contribution in [0.15, 0.2) is 24.3 Å². The number of hydrogen-bond acceptors (Lipinski definition) is 6. The summed E-state index contributed by atoms with van der Waals surface area (Å²) < 4.78 is 0. The van der Waals surface area contributed by atoms with Crippen molar-refractivity contribution in [3.8, 4) is 34.5 Å². The monoisotopic (exact) mass is 274 g/mol. The number of rotatable bonds is 0. The molecule has 0 amide bonds. The highest BCUT2D eigenvalue weighted by Crippen LogP contribution is 2.53. The molecule has 0 heterocycles. The van der Waals surface area contributed by atoms with Crippen LogP contribution in [0.3, 0.4) is 0 Å². The summed E-state index contributed by atoms with van der Waals surface area (Å²) in [5, 5.41) is 58.8. The molecule has 0 aliphatic carbocycles. The summed E-state index contributed by atoms with van der Waals surface area (Å²) >= 11 is 0. The van der Waals surface area contributed by atoms with Gasteiger partial charge >= 0.3 is 0 Å². The van der Waals surface area contributed by atoms with Gasteiger partial charge in [-0.3, -0.25) is 0 Å².